The summed E-state index contributed by atoms with van der Waals surface area (Å²) in [6.45, 7) is -0.299. The van der Waals surface area contributed by atoms with E-state index < -0.39 is 11.7 Å². The van der Waals surface area contributed by atoms with Gasteiger partial charge < -0.3 is 10.1 Å². The first-order valence-electron chi connectivity index (χ1n) is 8.27. The van der Waals surface area contributed by atoms with Crippen LogP contribution in [0, 0.1) is 5.82 Å². The Morgan fingerprint density at radius 3 is 2.54 bits per heavy atom. The van der Waals surface area contributed by atoms with E-state index in [2.05, 4.69) is 10.3 Å². The third-order valence-corrected chi connectivity index (χ3v) is 4.20. The average Bonchev–Trinajstić information content (AvgIpc) is 2.68. The van der Waals surface area contributed by atoms with Crippen LogP contribution in [0.3, 0.4) is 0 Å². The summed E-state index contributed by atoms with van der Waals surface area (Å²) in [4.78, 5) is 16.3. The zero-order valence-electron chi connectivity index (χ0n) is 14.5. The number of amides is 1. The van der Waals surface area contributed by atoms with Gasteiger partial charge in [0.15, 0.2) is 6.61 Å². The zero-order valence-corrected chi connectivity index (χ0v) is 16.0. The van der Waals surface area contributed by atoms with E-state index in [-0.39, 0.29) is 12.3 Å². The molecule has 0 fully saturated rings. The van der Waals surface area contributed by atoms with Crippen LogP contribution in [0.1, 0.15) is 5.56 Å². The van der Waals surface area contributed by atoms with Crippen molar-refractivity contribution in [2.24, 2.45) is 4.99 Å². The third-order valence-electron chi connectivity index (χ3n) is 3.65. The number of carbonyl (C=O) groups is 1. The lowest BCUT2D eigenvalue weighted by atomic mass is 10.2. The summed E-state index contributed by atoms with van der Waals surface area (Å²) >= 11 is 12.0. The molecule has 0 spiro atoms. The van der Waals surface area contributed by atoms with E-state index in [0.29, 0.717) is 15.8 Å². The quantitative estimate of drug-likeness (QED) is 0.508. The van der Waals surface area contributed by atoms with Gasteiger partial charge in [-0.2, -0.15) is 0 Å². The summed E-state index contributed by atoms with van der Waals surface area (Å²) in [7, 11) is 0. The summed E-state index contributed by atoms with van der Waals surface area (Å²) in [6, 6.07) is 18.1. The Morgan fingerprint density at radius 1 is 1.07 bits per heavy atom. The molecule has 0 aliphatic carbocycles. The maximum atomic E-state index is 13.5. The summed E-state index contributed by atoms with van der Waals surface area (Å²) in [5.74, 6) is -0.665. The van der Waals surface area contributed by atoms with E-state index in [1.807, 2.05) is 0 Å². The largest absolute Gasteiger partial charge is 0.482 e. The van der Waals surface area contributed by atoms with Gasteiger partial charge in [0, 0.05) is 11.2 Å². The highest BCUT2D eigenvalue weighted by molar-refractivity contribution is 6.32. The second-order valence-electron chi connectivity index (χ2n) is 5.74. The predicted octanol–water partition coefficient (Wildman–Crippen LogP) is 5.90. The molecule has 0 saturated carbocycles. The van der Waals surface area contributed by atoms with Crippen molar-refractivity contribution in [1.29, 1.82) is 0 Å². The normalized spacial score (nSPS) is 10.8. The van der Waals surface area contributed by atoms with Gasteiger partial charge in [-0.25, -0.2) is 4.39 Å². The minimum absolute atomic E-state index is 0.0935. The smallest absolute Gasteiger partial charge is 0.262 e. The van der Waals surface area contributed by atoms with Gasteiger partial charge in [-0.1, -0.05) is 35.3 Å². The fourth-order valence-electron chi connectivity index (χ4n) is 2.28. The van der Waals surface area contributed by atoms with E-state index >= 15 is 0 Å². The predicted molar refractivity (Wildman–Crippen MR) is 111 cm³/mol. The third kappa shape index (κ3) is 5.55. The molecule has 7 heteroatoms. The standard InChI is InChI=1S/C21H15Cl2FN2O2/c22-15-6-8-16(9-7-15)25-12-14-5-10-20(17(23)11-14)28-13-21(27)26-19-4-2-1-3-18(19)24/h1-12H,13H2,(H,26,27). The maximum absolute atomic E-state index is 13.5. The molecule has 1 N–H and O–H groups in total. The zero-order chi connectivity index (χ0) is 19.9. The van der Waals surface area contributed by atoms with Crippen molar-refractivity contribution in [3.63, 3.8) is 0 Å². The highest BCUT2D eigenvalue weighted by atomic mass is 35.5. The van der Waals surface area contributed by atoms with Crippen LogP contribution in [0.15, 0.2) is 71.7 Å². The molecule has 3 aromatic rings. The summed E-state index contributed by atoms with van der Waals surface area (Å²) < 4.78 is 19.0. The Labute approximate surface area is 171 Å². The number of anilines is 1. The number of carbonyl (C=O) groups excluding carboxylic acids is 1. The first-order valence-corrected chi connectivity index (χ1v) is 9.03. The fourth-order valence-corrected chi connectivity index (χ4v) is 2.65. The number of aliphatic imine (C=N–C) groups is 1. The van der Waals surface area contributed by atoms with Gasteiger partial charge in [0.1, 0.15) is 11.6 Å². The molecule has 1 amide bonds. The van der Waals surface area contributed by atoms with E-state index in [4.69, 9.17) is 27.9 Å². The molecule has 3 aromatic carbocycles. The van der Waals surface area contributed by atoms with Crippen LogP contribution in [0.4, 0.5) is 15.8 Å². The van der Waals surface area contributed by atoms with Crippen LogP contribution in [0.25, 0.3) is 0 Å². The van der Waals surface area contributed by atoms with Crippen LogP contribution in [0.5, 0.6) is 5.75 Å². The number of para-hydroxylation sites is 1. The Morgan fingerprint density at radius 2 is 1.82 bits per heavy atom. The summed E-state index contributed by atoms with van der Waals surface area (Å²) in [5.41, 5.74) is 1.62. The number of nitrogens with zero attached hydrogens (tertiary/aromatic N) is 1. The molecule has 142 valence electrons. The highest BCUT2D eigenvalue weighted by Gasteiger charge is 2.09. The molecule has 3 rings (SSSR count). The van der Waals surface area contributed by atoms with Crippen LogP contribution in [-0.4, -0.2) is 18.7 Å². The molecule has 0 radical (unpaired) electrons. The average molecular weight is 417 g/mol. The lowest BCUT2D eigenvalue weighted by molar-refractivity contribution is -0.118. The summed E-state index contributed by atoms with van der Waals surface area (Å²) in [5, 5.41) is 3.41. The highest BCUT2D eigenvalue weighted by Crippen LogP contribution is 2.25. The van der Waals surface area contributed by atoms with Gasteiger partial charge in [0.2, 0.25) is 0 Å². The number of hydrogen-bond donors (Lipinski definition) is 1. The van der Waals surface area contributed by atoms with Crippen molar-refractivity contribution < 1.29 is 13.9 Å². The van der Waals surface area contributed by atoms with Crippen LogP contribution < -0.4 is 10.1 Å². The molecule has 0 aromatic heterocycles. The van der Waals surface area contributed by atoms with E-state index in [0.717, 1.165) is 11.3 Å². The molecule has 4 nitrogen and oxygen atoms in total. The minimum Gasteiger partial charge on any atom is -0.482 e. The Balaban J connectivity index is 1.58. The van der Waals surface area contributed by atoms with Crippen molar-refractivity contribution in [3.05, 3.63) is 88.2 Å². The number of benzene rings is 3. The van der Waals surface area contributed by atoms with Crippen molar-refractivity contribution in [1.82, 2.24) is 0 Å². The van der Waals surface area contributed by atoms with Gasteiger partial charge in [-0.3, -0.25) is 9.79 Å². The molecular weight excluding hydrogens is 402 g/mol. The van der Waals surface area contributed by atoms with Crippen molar-refractivity contribution in [3.8, 4) is 5.75 Å². The number of nitrogens with one attached hydrogen (secondary N) is 1. The van der Waals surface area contributed by atoms with Crippen molar-refractivity contribution >= 4 is 46.7 Å². The molecule has 0 bridgehead atoms. The SMILES string of the molecule is O=C(COc1ccc(C=Nc2ccc(Cl)cc2)cc1Cl)Nc1ccccc1F. The van der Waals surface area contributed by atoms with Gasteiger partial charge in [0.05, 0.1) is 16.4 Å². The lowest BCUT2D eigenvalue weighted by Crippen LogP contribution is -2.20. The fraction of sp³-hybridized carbons (Fsp3) is 0.0476. The lowest BCUT2D eigenvalue weighted by Gasteiger charge is -2.09. The molecule has 0 aliphatic rings. The summed E-state index contributed by atoms with van der Waals surface area (Å²) in [6.07, 6.45) is 1.66. The number of rotatable bonds is 6. The number of halogens is 3. The molecule has 0 saturated heterocycles. The minimum atomic E-state index is -0.516. The van der Waals surface area contributed by atoms with Crippen LogP contribution in [0.2, 0.25) is 10.0 Å². The molecule has 0 aliphatic heterocycles. The topological polar surface area (TPSA) is 50.7 Å². The van der Waals surface area contributed by atoms with E-state index in [1.165, 1.54) is 12.1 Å². The van der Waals surface area contributed by atoms with Gasteiger partial charge >= 0.3 is 0 Å². The van der Waals surface area contributed by atoms with Gasteiger partial charge in [0.25, 0.3) is 5.91 Å². The van der Waals surface area contributed by atoms with E-state index in [1.54, 1.807) is 60.8 Å². The monoisotopic (exact) mass is 416 g/mol. The molecule has 28 heavy (non-hydrogen) atoms. The Bertz CT molecular complexity index is 1010. The first kappa shape index (κ1) is 19.9. The van der Waals surface area contributed by atoms with Crippen LogP contribution >= 0.6 is 23.2 Å². The number of ether oxygens (including phenoxy) is 1. The first-order chi connectivity index (χ1) is 13.5. The molecule has 0 heterocycles. The van der Waals surface area contributed by atoms with Crippen molar-refractivity contribution in [2.45, 2.75) is 0 Å². The second kappa shape index (κ2) is 9.35. The maximum Gasteiger partial charge on any atom is 0.262 e. The van der Waals surface area contributed by atoms with Gasteiger partial charge in [-0.05, 0) is 60.2 Å². The molecule has 0 atom stereocenters. The van der Waals surface area contributed by atoms with Crippen molar-refractivity contribution in [2.75, 3.05) is 11.9 Å². The van der Waals surface area contributed by atoms with E-state index in [9.17, 15) is 9.18 Å². The molecule has 0 unspecified atom stereocenters. The second-order valence-corrected chi connectivity index (χ2v) is 6.58. The molecular formula is C21H15Cl2FN2O2. The van der Waals surface area contributed by atoms with Crippen LogP contribution in [-0.2, 0) is 4.79 Å². The van der Waals surface area contributed by atoms with Gasteiger partial charge in [-0.15, -0.1) is 0 Å². The Hall–Kier alpha value is -2.89. The number of hydrogen-bond acceptors (Lipinski definition) is 3. The Kier molecular flexibility index (Phi) is 6.63.